The third-order valence-electron chi connectivity index (χ3n) is 5.32. The van der Waals surface area contributed by atoms with Crippen molar-refractivity contribution in [1.82, 2.24) is 14.9 Å². The molecule has 28 heavy (non-hydrogen) atoms. The number of rotatable bonds is 4. The van der Waals surface area contributed by atoms with Gasteiger partial charge in [0.1, 0.15) is 4.83 Å². The Hall–Kier alpha value is -2.12. The molecule has 2 aromatic heterocycles. The van der Waals surface area contributed by atoms with Gasteiger partial charge in [0.05, 0.1) is 16.8 Å². The van der Waals surface area contributed by atoms with Crippen molar-refractivity contribution in [1.29, 1.82) is 0 Å². The summed E-state index contributed by atoms with van der Waals surface area (Å²) in [4.78, 5) is 32.3. The van der Waals surface area contributed by atoms with Crippen molar-refractivity contribution in [3.63, 3.8) is 0 Å². The lowest BCUT2D eigenvalue weighted by Gasteiger charge is -2.14. The minimum Gasteiger partial charge on any atom is -0.358 e. The zero-order valence-electron chi connectivity index (χ0n) is 16.3. The van der Waals surface area contributed by atoms with Gasteiger partial charge in [0.2, 0.25) is 5.91 Å². The van der Waals surface area contributed by atoms with E-state index in [-0.39, 0.29) is 17.2 Å². The van der Waals surface area contributed by atoms with E-state index in [4.69, 9.17) is 4.98 Å². The molecule has 0 saturated heterocycles. The Balaban J connectivity index is 1.95. The number of thioether (sulfide) groups is 1. The van der Waals surface area contributed by atoms with Gasteiger partial charge in [-0.2, -0.15) is 0 Å². The summed E-state index contributed by atoms with van der Waals surface area (Å²) in [5.74, 6) is 0.140. The molecule has 0 aliphatic heterocycles. The number of amides is 1. The fourth-order valence-electron chi connectivity index (χ4n) is 3.58. The number of carbonyl (C=O) groups excluding carboxylic acids is 1. The van der Waals surface area contributed by atoms with Crippen LogP contribution in [0.25, 0.3) is 15.9 Å². The third-order valence-corrected chi connectivity index (χ3v) is 7.44. The van der Waals surface area contributed by atoms with Crippen LogP contribution >= 0.6 is 23.1 Å². The van der Waals surface area contributed by atoms with E-state index in [9.17, 15) is 9.59 Å². The standard InChI is InChI=1S/C21H23N3O2S2/c1-12-8-9-14(10-13(12)2)24-20(26)18-15-6-4-5-7-16(15)28-19(18)23-21(24)27-11-17(25)22-3/h8-10H,4-7,11H2,1-3H3,(H,22,25). The molecular weight excluding hydrogens is 390 g/mol. The molecule has 1 amide bonds. The van der Waals surface area contributed by atoms with Crippen molar-refractivity contribution >= 4 is 39.2 Å². The first-order chi connectivity index (χ1) is 13.5. The first-order valence-electron chi connectivity index (χ1n) is 9.48. The predicted molar refractivity (Wildman–Crippen MR) is 116 cm³/mol. The fourth-order valence-corrected chi connectivity index (χ4v) is 5.77. The molecule has 0 bridgehead atoms. The van der Waals surface area contributed by atoms with E-state index < -0.39 is 0 Å². The molecule has 0 saturated carbocycles. The van der Waals surface area contributed by atoms with E-state index in [1.54, 1.807) is 23.0 Å². The van der Waals surface area contributed by atoms with Crippen LogP contribution in [-0.4, -0.2) is 28.3 Å². The van der Waals surface area contributed by atoms with E-state index >= 15 is 0 Å². The molecule has 0 radical (unpaired) electrons. The quantitative estimate of drug-likeness (QED) is 0.522. The number of aryl methyl sites for hydroxylation is 4. The average Bonchev–Trinajstić information content (AvgIpc) is 3.07. The molecule has 7 heteroatoms. The second-order valence-electron chi connectivity index (χ2n) is 7.16. The number of fused-ring (bicyclic) bond motifs is 3. The Bertz CT molecular complexity index is 1130. The molecule has 1 N–H and O–H groups in total. The number of carbonyl (C=O) groups is 1. The van der Waals surface area contributed by atoms with Crippen molar-refractivity contribution in [2.45, 2.75) is 44.7 Å². The van der Waals surface area contributed by atoms with Gasteiger partial charge in [-0.15, -0.1) is 11.3 Å². The normalized spacial score (nSPS) is 13.5. The van der Waals surface area contributed by atoms with E-state index in [0.29, 0.717) is 5.16 Å². The second kappa shape index (κ2) is 7.72. The number of nitrogens with zero attached hydrogens (tertiary/aromatic N) is 2. The van der Waals surface area contributed by atoms with Crippen LogP contribution < -0.4 is 10.9 Å². The summed E-state index contributed by atoms with van der Waals surface area (Å²) in [5, 5.41) is 3.97. The Labute approximate surface area is 172 Å². The van der Waals surface area contributed by atoms with Gasteiger partial charge in [0.25, 0.3) is 5.56 Å². The summed E-state index contributed by atoms with van der Waals surface area (Å²) in [6.45, 7) is 4.10. The minimum absolute atomic E-state index is 0.0212. The Morgan fingerprint density at radius 1 is 1.25 bits per heavy atom. The molecular formula is C21H23N3O2S2. The van der Waals surface area contributed by atoms with Crippen LogP contribution in [0.3, 0.4) is 0 Å². The highest BCUT2D eigenvalue weighted by molar-refractivity contribution is 7.99. The summed E-state index contributed by atoms with van der Waals surface area (Å²) in [7, 11) is 1.61. The Morgan fingerprint density at radius 3 is 2.79 bits per heavy atom. The lowest BCUT2D eigenvalue weighted by Crippen LogP contribution is -2.24. The molecule has 1 aromatic carbocycles. The largest absolute Gasteiger partial charge is 0.358 e. The highest BCUT2D eigenvalue weighted by atomic mass is 32.2. The van der Waals surface area contributed by atoms with E-state index in [1.165, 1.54) is 34.2 Å². The topological polar surface area (TPSA) is 64.0 Å². The van der Waals surface area contributed by atoms with Crippen LogP contribution in [0.4, 0.5) is 0 Å². The monoisotopic (exact) mass is 413 g/mol. The molecule has 1 aliphatic rings. The van der Waals surface area contributed by atoms with Crippen LogP contribution in [0, 0.1) is 13.8 Å². The van der Waals surface area contributed by atoms with Crippen LogP contribution in [0.15, 0.2) is 28.2 Å². The van der Waals surface area contributed by atoms with Crippen LogP contribution in [0.1, 0.15) is 34.4 Å². The second-order valence-corrected chi connectivity index (χ2v) is 9.18. The highest BCUT2D eigenvalue weighted by Crippen LogP contribution is 2.35. The SMILES string of the molecule is CNC(=O)CSc1nc2sc3c(c2c(=O)n1-c1ccc(C)c(C)c1)CCCC3. The van der Waals surface area contributed by atoms with Crippen molar-refractivity contribution in [2.24, 2.45) is 0 Å². The van der Waals surface area contributed by atoms with Gasteiger partial charge in [0.15, 0.2) is 5.16 Å². The van der Waals surface area contributed by atoms with E-state index in [0.717, 1.165) is 40.7 Å². The number of thiophene rings is 1. The van der Waals surface area contributed by atoms with Crippen molar-refractivity contribution in [2.75, 3.05) is 12.8 Å². The lowest BCUT2D eigenvalue weighted by atomic mass is 9.97. The smallest absolute Gasteiger partial charge is 0.267 e. The minimum atomic E-state index is -0.0866. The first kappa shape index (κ1) is 19.2. The number of benzene rings is 1. The van der Waals surface area contributed by atoms with Gasteiger partial charge in [-0.1, -0.05) is 17.8 Å². The molecule has 2 heterocycles. The average molecular weight is 414 g/mol. The molecule has 0 spiro atoms. The zero-order chi connectivity index (χ0) is 19.8. The maximum absolute atomic E-state index is 13.6. The highest BCUT2D eigenvalue weighted by Gasteiger charge is 2.23. The van der Waals surface area contributed by atoms with Crippen LogP contribution in [-0.2, 0) is 17.6 Å². The molecule has 4 rings (SSSR count). The summed E-state index contributed by atoms with van der Waals surface area (Å²) >= 11 is 2.95. The van der Waals surface area contributed by atoms with Crippen molar-refractivity contribution < 1.29 is 4.79 Å². The van der Waals surface area contributed by atoms with E-state index in [1.807, 2.05) is 25.1 Å². The van der Waals surface area contributed by atoms with E-state index in [2.05, 4.69) is 12.2 Å². The Morgan fingerprint density at radius 2 is 2.04 bits per heavy atom. The fraction of sp³-hybridized carbons (Fsp3) is 0.381. The van der Waals surface area contributed by atoms with Gasteiger partial charge >= 0.3 is 0 Å². The molecule has 1 aliphatic carbocycles. The van der Waals surface area contributed by atoms with Gasteiger partial charge in [-0.05, 0) is 68.4 Å². The van der Waals surface area contributed by atoms with Crippen molar-refractivity contribution in [3.8, 4) is 5.69 Å². The first-order valence-corrected chi connectivity index (χ1v) is 11.3. The predicted octanol–water partition coefficient (Wildman–Crippen LogP) is 3.78. The van der Waals surface area contributed by atoms with Gasteiger partial charge in [0, 0.05) is 11.9 Å². The zero-order valence-corrected chi connectivity index (χ0v) is 17.9. The summed E-state index contributed by atoms with van der Waals surface area (Å²) < 4.78 is 1.68. The number of hydrogen-bond donors (Lipinski definition) is 1. The van der Waals surface area contributed by atoms with Crippen molar-refractivity contribution in [3.05, 3.63) is 50.1 Å². The lowest BCUT2D eigenvalue weighted by molar-refractivity contribution is -0.118. The molecule has 0 unspecified atom stereocenters. The molecule has 146 valence electrons. The molecule has 0 fully saturated rings. The summed E-state index contributed by atoms with van der Waals surface area (Å²) in [6.07, 6.45) is 4.27. The Kier molecular flexibility index (Phi) is 5.29. The number of hydrogen-bond acceptors (Lipinski definition) is 5. The number of nitrogens with one attached hydrogen (secondary N) is 1. The van der Waals surface area contributed by atoms with Crippen LogP contribution in [0.5, 0.6) is 0 Å². The molecule has 5 nitrogen and oxygen atoms in total. The van der Waals surface area contributed by atoms with Crippen LogP contribution in [0.2, 0.25) is 0 Å². The molecule has 3 aromatic rings. The van der Waals surface area contributed by atoms with Gasteiger partial charge in [-0.25, -0.2) is 4.98 Å². The summed E-state index contributed by atoms with van der Waals surface area (Å²) in [6, 6.07) is 6.00. The number of aromatic nitrogens is 2. The van der Waals surface area contributed by atoms with Gasteiger partial charge in [-0.3, -0.25) is 14.2 Å². The maximum atomic E-state index is 13.6. The molecule has 0 atom stereocenters. The maximum Gasteiger partial charge on any atom is 0.267 e. The summed E-state index contributed by atoms with van der Waals surface area (Å²) in [5.41, 5.74) is 4.27. The van der Waals surface area contributed by atoms with Gasteiger partial charge < -0.3 is 5.32 Å². The third kappa shape index (κ3) is 3.37.